The lowest BCUT2D eigenvalue weighted by Crippen LogP contribution is -2.18. The van der Waals surface area contributed by atoms with Crippen molar-refractivity contribution in [2.24, 2.45) is 0 Å². The first-order chi connectivity index (χ1) is 8.75. The number of aromatic nitrogens is 2. The van der Waals surface area contributed by atoms with Crippen LogP contribution < -0.4 is 5.56 Å². The first-order valence-electron chi connectivity index (χ1n) is 5.79. The van der Waals surface area contributed by atoms with Crippen molar-refractivity contribution in [3.63, 3.8) is 0 Å². The van der Waals surface area contributed by atoms with Gasteiger partial charge in [0.25, 0.3) is 5.56 Å². The van der Waals surface area contributed by atoms with Gasteiger partial charge < -0.3 is 0 Å². The molecule has 2 aromatic carbocycles. The first-order valence-corrected chi connectivity index (χ1v) is 5.79. The second kappa shape index (κ2) is 4.11. The van der Waals surface area contributed by atoms with E-state index in [2.05, 4.69) is 4.98 Å². The van der Waals surface area contributed by atoms with E-state index in [0.29, 0.717) is 5.39 Å². The second-order valence-corrected chi connectivity index (χ2v) is 4.28. The van der Waals surface area contributed by atoms with E-state index in [1.165, 1.54) is 0 Å². The second-order valence-electron chi connectivity index (χ2n) is 4.28. The van der Waals surface area contributed by atoms with Crippen LogP contribution in [0.5, 0.6) is 0 Å². The van der Waals surface area contributed by atoms with Crippen LogP contribution in [0, 0.1) is 6.92 Å². The molecule has 3 nitrogen and oxygen atoms in total. The standard InChI is InChI=1S/C15H12N2O/c1-11-5-4-6-12(9-11)17-10-16-14-8-3-2-7-13(14)15(17)18/h2-10H,1H3. The van der Waals surface area contributed by atoms with Crippen LogP contribution in [0.1, 0.15) is 5.56 Å². The summed E-state index contributed by atoms with van der Waals surface area (Å²) < 4.78 is 1.58. The van der Waals surface area contributed by atoms with Crippen LogP contribution >= 0.6 is 0 Å². The van der Waals surface area contributed by atoms with Gasteiger partial charge in [0.1, 0.15) is 6.33 Å². The van der Waals surface area contributed by atoms with Crippen LogP contribution in [0.2, 0.25) is 0 Å². The van der Waals surface area contributed by atoms with E-state index in [0.717, 1.165) is 16.8 Å². The van der Waals surface area contributed by atoms with Crippen LogP contribution in [0.4, 0.5) is 0 Å². The van der Waals surface area contributed by atoms with Crippen molar-refractivity contribution in [1.29, 1.82) is 0 Å². The monoisotopic (exact) mass is 236 g/mol. The number of aryl methyl sites for hydroxylation is 1. The fraction of sp³-hybridized carbons (Fsp3) is 0.0667. The Morgan fingerprint density at radius 1 is 1.06 bits per heavy atom. The van der Waals surface area contributed by atoms with Crippen molar-refractivity contribution in [2.75, 3.05) is 0 Å². The van der Waals surface area contributed by atoms with Gasteiger partial charge in [0, 0.05) is 0 Å². The summed E-state index contributed by atoms with van der Waals surface area (Å²) in [5.74, 6) is 0. The van der Waals surface area contributed by atoms with Gasteiger partial charge in [-0.15, -0.1) is 0 Å². The van der Waals surface area contributed by atoms with Gasteiger partial charge in [-0.2, -0.15) is 0 Å². The smallest absolute Gasteiger partial charge is 0.265 e. The minimum Gasteiger partial charge on any atom is -0.268 e. The van der Waals surface area contributed by atoms with Gasteiger partial charge in [0.2, 0.25) is 0 Å². The molecular weight excluding hydrogens is 224 g/mol. The number of para-hydroxylation sites is 1. The van der Waals surface area contributed by atoms with Crippen LogP contribution in [0.3, 0.4) is 0 Å². The van der Waals surface area contributed by atoms with Gasteiger partial charge in [-0.1, -0.05) is 24.3 Å². The van der Waals surface area contributed by atoms with E-state index < -0.39 is 0 Å². The Balaban J connectivity index is 2.31. The number of rotatable bonds is 1. The van der Waals surface area contributed by atoms with Crippen molar-refractivity contribution >= 4 is 10.9 Å². The molecule has 1 aromatic heterocycles. The Hall–Kier alpha value is -2.42. The largest absolute Gasteiger partial charge is 0.268 e. The number of hydrogen-bond donors (Lipinski definition) is 0. The van der Waals surface area contributed by atoms with Crippen molar-refractivity contribution in [1.82, 2.24) is 9.55 Å². The average molecular weight is 236 g/mol. The Bertz CT molecular complexity index is 775. The quantitative estimate of drug-likeness (QED) is 0.651. The summed E-state index contributed by atoms with van der Waals surface area (Å²) in [6.07, 6.45) is 1.58. The minimum atomic E-state index is -0.0359. The Kier molecular flexibility index (Phi) is 2.45. The fourth-order valence-electron chi connectivity index (χ4n) is 2.03. The highest BCUT2D eigenvalue weighted by Crippen LogP contribution is 2.10. The lowest BCUT2D eigenvalue weighted by Gasteiger charge is -2.07. The van der Waals surface area contributed by atoms with E-state index in [1.54, 1.807) is 17.0 Å². The molecule has 3 rings (SSSR count). The molecule has 0 amide bonds. The normalized spacial score (nSPS) is 10.7. The van der Waals surface area contributed by atoms with Gasteiger partial charge >= 0.3 is 0 Å². The molecule has 0 unspecified atom stereocenters. The van der Waals surface area contributed by atoms with Crippen LogP contribution in [0.25, 0.3) is 16.6 Å². The summed E-state index contributed by atoms with van der Waals surface area (Å²) in [6, 6.07) is 15.2. The average Bonchev–Trinajstić information content (AvgIpc) is 2.39. The number of hydrogen-bond acceptors (Lipinski definition) is 2. The SMILES string of the molecule is Cc1cccc(-n2cnc3ccccc3c2=O)c1. The van der Waals surface area contributed by atoms with E-state index in [9.17, 15) is 4.79 Å². The third-order valence-electron chi connectivity index (χ3n) is 2.95. The maximum Gasteiger partial charge on any atom is 0.265 e. The summed E-state index contributed by atoms with van der Waals surface area (Å²) in [5, 5.41) is 0.640. The van der Waals surface area contributed by atoms with E-state index >= 15 is 0 Å². The molecule has 0 aliphatic rings. The molecule has 3 heteroatoms. The number of fused-ring (bicyclic) bond motifs is 1. The van der Waals surface area contributed by atoms with Crippen LogP contribution in [-0.4, -0.2) is 9.55 Å². The first kappa shape index (κ1) is 10.7. The highest BCUT2D eigenvalue weighted by molar-refractivity contribution is 5.77. The Labute approximate surface area is 104 Å². The molecule has 0 radical (unpaired) electrons. The molecule has 0 bridgehead atoms. The highest BCUT2D eigenvalue weighted by Gasteiger charge is 2.04. The van der Waals surface area contributed by atoms with Gasteiger partial charge in [-0.05, 0) is 36.8 Å². The lowest BCUT2D eigenvalue weighted by molar-refractivity contribution is 0.961. The molecule has 0 aliphatic heterocycles. The number of nitrogens with zero attached hydrogens (tertiary/aromatic N) is 2. The topological polar surface area (TPSA) is 34.9 Å². The molecule has 0 spiro atoms. The van der Waals surface area contributed by atoms with Crippen molar-refractivity contribution < 1.29 is 0 Å². The zero-order chi connectivity index (χ0) is 12.5. The molecule has 88 valence electrons. The molecule has 0 atom stereocenters. The van der Waals surface area contributed by atoms with Crippen molar-refractivity contribution in [3.05, 3.63) is 70.8 Å². The third-order valence-corrected chi connectivity index (χ3v) is 2.95. The van der Waals surface area contributed by atoms with Crippen LogP contribution in [0.15, 0.2) is 59.7 Å². The van der Waals surface area contributed by atoms with Gasteiger partial charge in [-0.3, -0.25) is 9.36 Å². The van der Waals surface area contributed by atoms with E-state index in [-0.39, 0.29) is 5.56 Å². The van der Waals surface area contributed by atoms with Gasteiger partial charge in [-0.25, -0.2) is 4.98 Å². The zero-order valence-electron chi connectivity index (χ0n) is 10.00. The molecule has 0 aliphatic carbocycles. The molecule has 1 heterocycles. The van der Waals surface area contributed by atoms with Gasteiger partial charge in [0.15, 0.2) is 0 Å². The summed E-state index contributed by atoms with van der Waals surface area (Å²) in [7, 11) is 0. The molecule has 0 saturated heterocycles. The van der Waals surface area contributed by atoms with Crippen molar-refractivity contribution in [2.45, 2.75) is 6.92 Å². The molecule has 0 fully saturated rings. The molecule has 0 N–H and O–H groups in total. The van der Waals surface area contributed by atoms with Crippen molar-refractivity contribution in [3.8, 4) is 5.69 Å². The molecule has 0 saturated carbocycles. The fourth-order valence-corrected chi connectivity index (χ4v) is 2.03. The zero-order valence-corrected chi connectivity index (χ0v) is 10.00. The maximum atomic E-state index is 12.4. The Morgan fingerprint density at radius 2 is 1.89 bits per heavy atom. The van der Waals surface area contributed by atoms with E-state index in [4.69, 9.17) is 0 Å². The van der Waals surface area contributed by atoms with E-state index in [1.807, 2.05) is 49.4 Å². The molecule has 18 heavy (non-hydrogen) atoms. The minimum absolute atomic E-state index is 0.0359. The summed E-state index contributed by atoms with van der Waals surface area (Å²) in [6.45, 7) is 2.00. The maximum absolute atomic E-state index is 12.4. The number of benzene rings is 2. The molecular formula is C15H12N2O. The third kappa shape index (κ3) is 1.70. The van der Waals surface area contributed by atoms with Gasteiger partial charge in [0.05, 0.1) is 16.6 Å². The van der Waals surface area contributed by atoms with Crippen LogP contribution in [-0.2, 0) is 0 Å². The Morgan fingerprint density at radius 3 is 2.72 bits per heavy atom. The predicted molar refractivity (Wildman–Crippen MR) is 72.1 cm³/mol. The molecule has 3 aromatic rings. The predicted octanol–water partition coefficient (Wildman–Crippen LogP) is 2.69. The lowest BCUT2D eigenvalue weighted by atomic mass is 10.2. The summed E-state index contributed by atoms with van der Waals surface area (Å²) in [4.78, 5) is 16.7. The summed E-state index contributed by atoms with van der Waals surface area (Å²) in [5.41, 5.74) is 2.66. The highest BCUT2D eigenvalue weighted by atomic mass is 16.1. The summed E-state index contributed by atoms with van der Waals surface area (Å²) >= 11 is 0.